The van der Waals surface area contributed by atoms with Crippen molar-refractivity contribution in [1.29, 1.82) is 0 Å². The normalized spacial score (nSPS) is 14.2. The minimum Gasteiger partial charge on any atom is -0.497 e. The Hall–Kier alpha value is -3.13. The highest BCUT2D eigenvalue weighted by molar-refractivity contribution is 5.66. The lowest BCUT2D eigenvalue weighted by Gasteiger charge is -2.27. The van der Waals surface area contributed by atoms with Gasteiger partial charge in [0.1, 0.15) is 11.6 Å². The molecule has 3 aromatic rings. The van der Waals surface area contributed by atoms with Crippen molar-refractivity contribution in [3.63, 3.8) is 0 Å². The second-order valence-corrected chi connectivity index (χ2v) is 6.24. The van der Waals surface area contributed by atoms with E-state index in [0.29, 0.717) is 19.2 Å². The fraction of sp³-hybridized carbons (Fsp3) is 0.316. The predicted octanol–water partition coefficient (Wildman–Crippen LogP) is 2.48. The van der Waals surface area contributed by atoms with Gasteiger partial charge in [0.25, 0.3) is 0 Å². The molecular weight excluding hydrogens is 344 g/mol. The van der Waals surface area contributed by atoms with Crippen LogP contribution in [0.2, 0.25) is 0 Å². The van der Waals surface area contributed by atoms with Crippen LogP contribution in [0.5, 0.6) is 5.75 Å². The van der Waals surface area contributed by atoms with Crippen LogP contribution in [0.25, 0.3) is 11.3 Å². The monoisotopic (exact) mass is 366 g/mol. The lowest BCUT2D eigenvalue weighted by Crippen LogP contribution is -2.37. The first-order valence-corrected chi connectivity index (χ1v) is 8.84. The van der Waals surface area contributed by atoms with Gasteiger partial charge in [-0.1, -0.05) is 0 Å². The molecule has 1 saturated heterocycles. The zero-order chi connectivity index (χ0) is 18.6. The zero-order valence-corrected chi connectivity index (χ0v) is 15.4. The molecule has 0 radical (unpaired) electrons. The standard InChI is InChI=1S/C19H22N6O2/c1-24(17-7-8-20-19(21-17)25-9-11-27-12-10-25)18-13-16(22-23-18)14-3-5-15(26-2)6-4-14/h3-8,13H,9-12H2,1-2H3,(H,22,23). The van der Waals surface area contributed by atoms with Crippen LogP contribution in [0.15, 0.2) is 42.6 Å². The molecule has 0 spiro atoms. The van der Waals surface area contributed by atoms with Gasteiger partial charge < -0.3 is 19.3 Å². The first kappa shape index (κ1) is 17.3. The van der Waals surface area contributed by atoms with Gasteiger partial charge in [-0.15, -0.1) is 0 Å². The van der Waals surface area contributed by atoms with Crippen LogP contribution in [-0.4, -0.2) is 60.6 Å². The quantitative estimate of drug-likeness (QED) is 0.743. The van der Waals surface area contributed by atoms with Crippen LogP contribution in [0.4, 0.5) is 17.6 Å². The number of morpholine rings is 1. The van der Waals surface area contributed by atoms with Crippen LogP contribution < -0.4 is 14.5 Å². The number of aromatic amines is 1. The van der Waals surface area contributed by atoms with Crippen LogP contribution in [0, 0.1) is 0 Å². The molecule has 27 heavy (non-hydrogen) atoms. The van der Waals surface area contributed by atoms with E-state index >= 15 is 0 Å². The Kier molecular flexibility index (Phi) is 4.88. The molecule has 140 valence electrons. The Bertz CT molecular complexity index is 889. The molecule has 0 atom stereocenters. The minimum absolute atomic E-state index is 0.702. The molecule has 1 aliphatic heterocycles. The first-order valence-electron chi connectivity index (χ1n) is 8.84. The number of benzene rings is 1. The van der Waals surface area contributed by atoms with Gasteiger partial charge in [-0.05, 0) is 35.9 Å². The van der Waals surface area contributed by atoms with Crippen molar-refractivity contribution in [1.82, 2.24) is 20.2 Å². The molecule has 0 bridgehead atoms. The summed E-state index contributed by atoms with van der Waals surface area (Å²) >= 11 is 0. The molecule has 1 aromatic carbocycles. The number of nitrogens with zero attached hydrogens (tertiary/aromatic N) is 5. The van der Waals surface area contributed by atoms with Gasteiger partial charge in [-0.3, -0.25) is 5.10 Å². The Labute approximate surface area is 157 Å². The summed E-state index contributed by atoms with van der Waals surface area (Å²) in [5.74, 6) is 3.12. The van der Waals surface area contributed by atoms with E-state index < -0.39 is 0 Å². The zero-order valence-electron chi connectivity index (χ0n) is 15.4. The number of anilines is 3. The van der Waals surface area contributed by atoms with E-state index in [1.165, 1.54) is 0 Å². The molecule has 8 heteroatoms. The Balaban J connectivity index is 1.54. The molecule has 1 fully saturated rings. The van der Waals surface area contributed by atoms with Crippen molar-refractivity contribution in [2.45, 2.75) is 0 Å². The van der Waals surface area contributed by atoms with E-state index in [-0.39, 0.29) is 0 Å². The van der Waals surface area contributed by atoms with Gasteiger partial charge in [-0.25, -0.2) is 4.98 Å². The van der Waals surface area contributed by atoms with E-state index in [1.54, 1.807) is 13.3 Å². The van der Waals surface area contributed by atoms with Crippen molar-refractivity contribution in [3.8, 4) is 17.0 Å². The number of ether oxygens (including phenoxy) is 2. The highest BCUT2D eigenvalue weighted by atomic mass is 16.5. The van der Waals surface area contributed by atoms with Gasteiger partial charge in [0.15, 0.2) is 5.82 Å². The summed E-state index contributed by atoms with van der Waals surface area (Å²) in [6, 6.07) is 11.7. The number of hydrogen-bond donors (Lipinski definition) is 1. The van der Waals surface area contributed by atoms with Crippen molar-refractivity contribution in [2.24, 2.45) is 0 Å². The summed E-state index contributed by atoms with van der Waals surface area (Å²) in [6.07, 6.45) is 1.78. The van der Waals surface area contributed by atoms with E-state index in [1.807, 2.05) is 48.3 Å². The molecule has 0 saturated carbocycles. The SMILES string of the molecule is COc1ccc(-c2cc(N(C)c3ccnc(N4CCOCC4)n3)n[nH]2)cc1. The van der Waals surface area contributed by atoms with E-state index in [2.05, 4.69) is 20.1 Å². The van der Waals surface area contributed by atoms with Crippen molar-refractivity contribution in [3.05, 3.63) is 42.6 Å². The van der Waals surface area contributed by atoms with Gasteiger partial charge in [-0.2, -0.15) is 10.1 Å². The number of rotatable bonds is 5. The van der Waals surface area contributed by atoms with E-state index in [9.17, 15) is 0 Å². The molecule has 2 aromatic heterocycles. The average Bonchev–Trinajstić information content (AvgIpc) is 3.24. The summed E-state index contributed by atoms with van der Waals surface area (Å²) in [7, 11) is 3.60. The van der Waals surface area contributed by atoms with E-state index in [0.717, 1.165) is 41.7 Å². The summed E-state index contributed by atoms with van der Waals surface area (Å²) < 4.78 is 10.6. The molecule has 0 unspecified atom stereocenters. The minimum atomic E-state index is 0.702. The molecule has 1 aliphatic rings. The molecule has 4 rings (SSSR count). The third-order valence-corrected chi connectivity index (χ3v) is 4.57. The van der Waals surface area contributed by atoms with Gasteiger partial charge in [0, 0.05) is 32.4 Å². The fourth-order valence-corrected chi connectivity index (χ4v) is 2.96. The van der Waals surface area contributed by atoms with Crippen LogP contribution in [-0.2, 0) is 4.74 Å². The van der Waals surface area contributed by atoms with Crippen LogP contribution in [0.3, 0.4) is 0 Å². The molecular formula is C19H22N6O2. The highest BCUT2D eigenvalue weighted by Gasteiger charge is 2.16. The summed E-state index contributed by atoms with van der Waals surface area (Å²) in [6.45, 7) is 3.01. The summed E-state index contributed by atoms with van der Waals surface area (Å²) in [5, 5.41) is 7.51. The first-order chi connectivity index (χ1) is 13.2. The number of methoxy groups -OCH3 is 1. The van der Waals surface area contributed by atoms with Gasteiger partial charge >= 0.3 is 0 Å². The smallest absolute Gasteiger partial charge is 0.227 e. The summed E-state index contributed by atoms with van der Waals surface area (Å²) in [5.41, 5.74) is 1.97. The molecule has 1 N–H and O–H groups in total. The maximum absolute atomic E-state index is 5.40. The van der Waals surface area contributed by atoms with Gasteiger partial charge in [0.05, 0.1) is 26.0 Å². The second kappa shape index (κ2) is 7.63. The van der Waals surface area contributed by atoms with Crippen molar-refractivity contribution < 1.29 is 9.47 Å². The van der Waals surface area contributed by atoms with E-state index in [4.69, 9.17) is 14.5 Å². The van der Waals surface area contributed by atoms with Crippen molar-refractivity contribution in [2.75, 3.05) is 50.3 Å². The lowest BCUT2D eigenvalue weighted by atomic mass is 10.1. The highest BCUT2D eigenvalue weighted by Crippen LogP contribution is 2.27. The number of hydrogen-bond acceptors (Lipinski definition) is 7. The molecule has 8 nitrogen and oxygen atoms in total. The van der Waals surface area contributed by atoms with Gasteiger partial charge in [0.2, 0.25) is 5.95 Å². The lowest BCUT2D eigenvalue weighted by molar-refractivity contribution is 0.122. The fourth-order valence-electron chi connectivity index (χ4n) is 2.96. The summed E-state index contributed by atoms with van der Waals surface area (Å²) in [4.78, 5) is 13.2. The Morgan fingerprint density at radius 2 is 1.89 bits per heavy atom. The Morgan fingerprint density at radius 1 is 1.11 bits per heavy atom. The largest absolute Gasteiger partial charge is 0.497 e. The molecule has 3 heterocycles. The number of H-pyrrole nitrogens is 1. The topological polar surface area (TPSA) is 79.4 Å². The number of nitrogens with one attached hydrogen (secondary N) is 1. The Morgan fingerprint density at radius 3 is 2.63 bits per heavy atom. The second-order valence-electron chi connectivity index (χ2n) is 6.24. The average molecular weight is 366 g/mol. The molecule has 0 aliphatic carbocycles. The third-order valence-electron chi connectivity index (χ3n) is 4.57. The van der Waals surface area contributed by atoms with Crippen molar-refractivity contribution >= 4 is 17.6 Å². The predicted molar refractivity (Wildman–Crippen MR) is 104 cm³/mol. The van der Waals surface area contributed by atoms with Crippen LogP contribution >= 0.6 is 0 Å². The third kappa shape index (κ3) is 3.70. The maximum Gasteiger partial charge on any atom is 0.227 e. The van der Waals surface area contributed by atoms with Crippen LogP contribution in [0.1, 0.15) is 0 Å². The number of aromatic nitrogens is 4. The molecule has 0 amide bonds. The maximum atomic E-state index is 5.40.